The highest BCUT2D eigenvalue weighted by Crippen LogP contribution is 2.12. The zero-order valence-corrected chi connectivity index (χ0v) is 12.9. The molecule has 2 heterocycles. The van der Waals surface area contributed by atoms with Crippen molar-refractivity contribution in [1.29, 1.82) is 0 Å². The summed E-state index contributed by atoms with van der Waals surface area (Å²) < 4.78 is 6.85. The lowest BCUT2D eigenvalue weighted by Crippen LogP contribution is -2.47. The molecule has 1 aromatic carbocycles. The summed E-state index contributed by atoms with van der Waals surface area (Å²) in [6.07, 6.45) is 0.560. The number of para-hydroxylation sites is 1. The first-order chi connectivity index (χ1) is 11.5. The minimum absolute atomic E-state index is 0.0133. The molecule has 0 aliphatic carbocycles. The van der Waals surface area contributed by atoms with Crippen LogP contribution in [-0.2, 0) is 20.9 Å². The van der Waals surface area contributed by atoms with E-state index in [2.05, 4.69) is 5.10 Å². The molecule has 1 aliphatic rings. The molecule has 1 atom stereocenters. The molecule has 1 aliphatic heterocycles. The third-order valence-corrected chi connectivity index (χ3v) is 3.94. The monoisotopic (exact) mass is 331 g/mol. The summed E-state index contributed by atoms with van der Waals surface area (Å²) >= 11 is 0. The van der Waals surface area contributed by atoms with Gasteiger partial charge in [-0.15, -0.1) is 0 Å². The van der Waals surface area contributed by atoms with Crippen molar-refractivity contribution in [2.45, 2.75) is 19.1 Å². The lowest BCUT2D eigenvalue weighted by Gasteiger charge is -2.32. The van der Waals surface area contributed by atoms with Gasteiger partial charge in [0.05, 0.1) is 30.8 Å². The van der Waals surface area contributed by atoms with Crippen LogP contribution in [-0.4, -0.2) is 57.5 Å². The molecule has 1 N–H and O–H groups in total. The fraction of sp³-hybridized carbons (Fsp3) is 0.375. The summed E-state index contributed by atoms with van der Waals surface area (Å²) in [4.78, 5) is 36.7. The van der Waals surface area contributed by atoms with Gasteiger partial charge in [-0.2, -0.15) is 5.10 Å². The molecule has 126 valence electrons. The van der Waals surface area contributed by atoms with Gasteiger partial charge in [0, 0.05) is 18.5 Å². The van der Waals surface area contributed by atoms with Crippen molar-refractivity contribution in [3.63, 3.8) is 0 Å². The highest BCUT2D eigenvalue weighted by atomic mass is 16.5. The Morgan fingerprint density at radius 1 is 1.33 bits per heavy atom. The highest BCUT2D eigenvalue weighted by Gasteiger charge is 2.26. The van der Waals surface area contributed by atoms with Crippen LogP contribution in [0.4, 0.5) is 0 Å². The van der Waals surface area contributed by atoms with Gasteiger partial charge in [-0.1, -0.05) is 12.1 Å². The van der Waals surface area contributed by atoms with E-state index in [0.29, 0.717) is 24.1 Å². The number of benzene rings is 1. The van der Waals surface area contributed by atoms with Gasteiger partial charge in [-0.25, -0.2) is 0 Å². The number of carboxylic acids is 1. The Balaban J connectivity index is 1.76. The Labute approximate surface area is 137 Å². The number of carboxylic acid groups (broad SMARTS) is 1. The molecular weight excluding hydrogens is 314 g/mol. The summed E-state index contributed by atoms with van der Waals surface area (Å²) in [5.74, 6) is -1.14. The van der Waals surface area contributed by atoms with Gasteiger partial charge in [0.25, 0.3) is 0 Å². The molecule has 1 fully saturated rings. The van der Waals surface area contributed by atoms with E-state index in [1.165, 1.54) is 10.9 Å². The van der Waals surface area contributed by atoms with E-state index in [1.807, 2.05) is 0 Å². The van der Waals surface area contributed by atoms with Crippen molar-refractivity contribution < 1.29 is 19.4 Å². The van der Waals surface area contributed by atoms with Crippen LogP contribution >= 0.6 is 0 Å². The van der Waals surface area contributed by atoms with Gasteiger partial charge < -0.3 is 14.7 Å². The minimum Gasteiger partial charge on any atom is -0.481 e. The molecule has 3 rings (SSSR count). The maximum atomic E-state index is 12.5. The topological polar surface area (TPSA) is 102 Å². The third-order valence-electron chi connectivity index (χ3n) is 3.94. The molecule has 0 radical (unpaired) electrons. The number of carbonyl (C=O) groups is 2. The predicted octanol–water partition coefficient (Wildman–Crippen LogP) is 0.0986. The second-order valence-electron chi connectivity index (χ2n) is 5.61. The Bertz CT molecular complexity index is 832. The predicted molar refractivity (Wildman–Crippen MR) is 84.6 cm³/mol. The summed E-state index contributed by atoms with van der Waals surface area (Å²) in [5, 5.41) is 13.4. The van der Waals surface area contributed by atoms with Crippen molar-refractivity contribution in [2.24, 2.45) is 0 Å². The average Bonchev–Trinajstić information content (AvgIpc) is 2.57. The molecule has 0 spiro atoms. The number of aromatic nitrogens is 2. The van der Waals surface area contributed by atoms with Crippen molar-refractivity contribution in [1.82, 2.24) is 14.7 Å². The van der Waals surface area contributed by atoms with Crippen LogP contribution in [0.2, 0.25) is 0 Å². The normalized spacial score (nSPS) is 17.8. The van der Waals surface area contributed by atoms with Crippen LogP contribution in [0.1, 0.15) is 6.42 Å². The number of hydrogen-bond donors (Lipinski definition) is 1. The van der Waals surface area contributed by atoms with Crippen molar-refractivity contribution >= 4 is 22.8 Å². The van der Waals surface area contributed by atoms with E-state index < -0.39 is 12.1 Å². The largest absolute Gasteiger partial charge is 0.481 e. The smallest absolute Gasteiger partial charge is 0.306 e. The molecule has 8 nitrogen and oxygen atoms in total. The molecule has 2 aromatic rings. The van der Waals surface area contributed by atoms with E-state index >= 15 is 0 Å². The second-order valence-corrected chi connectivity index (χ2v) is 5.61. The summed E-state index contributed by atoms with van der Waals surface area (Å²) in [6.45, 7) is 0.943. The standard InChI is InChI=1S/C16H17N3O5/c20-14-8-17-19(13-4-2-1-3-12(13)14)10-15(21)18-5-6-24-11(9-18)7-16(22)23/h1-4,8,11H,5-7,9-10H2,(H,22,23)/t11-/m0/s1. The van der Waals surface area contributed by atoms with E-state index in [1.54, 1.807) is 29.2 Å². The van der Waals surface area contributed by atoms with Gasteiger partial charge >= 0.3 is 5.97 Å². The van der Waals surface area contributed by atoms with Crippen molar-refractivity contribution in [2.75, 3.05) is 19.7 Å². The Morgan fingerprint density at radius 3 is 2.92 bits per heavy atom. The van der Waals surface area contributed by atoms with Crippen molar-refractivity contribution in [3.8, 4) is 0 Å². The number of carbonyl (C=O) groups excluding carboxylic acids is 1. The van der Waals surface area contributed by atoms with Gasteiger partial charge in [-0.05, 0) is 12.1 Å². The summed E-state index contributed by atoms with van der Waals surface area (Å²) in [5.41, 5.74) is 0.399. The van der Waals surface area contributed by atoms with E-state index in [0.717, 1.165) is 0 Å². The van der Waals surface area contributed by atoms with Crippen LogP contribution in [0.25, 0.3) is 10.9 Å². The van der Waals surface area contributed by atoms with Gasteiger partial charge in [-0.3, -0.25) is 19.1 Å². The fourth-order valence-electron chi connectivity index (χ4n) is 2.78. The fourth-order valence-corrected chi connectivity index (χ4v) is 2.78. The third kappa shape index (κ3) is 3.43. The highest BCUT2D eigenvalue weighted by molar-refractivity contribution is 5.81. The molecule has 8 heteroatoms. The molecule has 0 bridgehead atoms. The first-order valence-electron chi connectivity index (χ1n) is 7.60. The van der Waals surface area contributed by atoms with Crippen LogP contribution < -0.4 is 5.43 Å². The van der Waals surface area contributed by atoms with Crippen LogP contribution in [0.15, 0.2) is 35.3 Å². The minimum atomic E-state index is -0.956. The molecule has 24 heavy (non-hydrogen) atoms. The number of rotatable bonds is 4. The maximum Gasteiger partial charge on any atom is 0.306 e. The Kier molecular flexibility index (Phi) is 4.57. The number of nitrogens with zero attached hydrogens (tertiary/aromatic N) is 3. The van der Waals surface area contributed by atoms with Crippen LogP contribution in [0, 0.1) is 0 Å². The Hall–Kier alpha value is -2.74. The van der Waals surface area contributed by atoms with Crippen LogP contribution in [0.5, 0.6) is 0 Å². The number of aliphatic carboxylic acids is 1. The zero-order valence-electron chi connectivity index (χ0n) is 12.9. The SMILES string of the molecule is O=C(O)C[C@H]1CN(C(=O)Cn2ncc(=O)c3ccccc32)CCO1. The molecule has 1 amide bonds. The quantitative estimate of drug-likeness (QED) is 0.852. The second kappa shape index (κ2) is 6.79. The van der Waals surface area contributed by atoms with E-state index in [4.69, 9.17) is 9.84 Å². The van der Waals surface area contributed by atoms with Crippen molar-refractivity contribution in [3.05, 3.63) is 40.7 Å². The van der Waals surface area contributed by atoms with Gasteiger partial charge in [0.15, 0.2) is 0 Å². The lowest BCUT2D eigenvalue weighted by molar-refractivity contribution is -0.148. The molecule has 1 saturated heterocycles. The molecule has 0 unspecified atom stereocenters. The molecule has 0 saturated carbocycles. The first-order valence-corrected chi connectivity index (χ1v) is 7.60. The number of morpholine rings is 1. The first kappa shape index (κ1) is 16.1. The Morgan fingerprint density at radius 2 is 2.12 bits per heavy atom. The zero-order chi connectivity index (χ0) is 17.1. The summed E-state index contributed by atoms with van der Waals surface area (Å²) in [7, 11) is 0. The maximum absolute atomic E-state index is 12.5. The summed E-state index contributed by atoms with van der Waals surface area (Å²) in [6, 6.07) is 6.97. The van der Waals surface area contributed by atoms with E-state index in [-0.39, 0.29) is 30.8 Å². The van der Waals surface area contributed by atoms with Crippen LogP contribution in [0.3, 0.4) is 0 Å². The number of ether oxygens (including phenoxy) is 1. The molecular formula is C16H17N3O5. The number of amides is 1. The number of hydrogen-bond acceptors (Lipinski definition) is 5. The number of fused-ring (bicyclic) bond motifs is 1. The van der Waals surface area contributed by atoms with Gasteiger partial charge in [0.2, 0.25) is 11.3 Å². The molecule has 1 aromatic heterocycles. The lowest BCUT2D eigenvalue weighted by atomic mass is 10.2. The van der Waals surface area contributed by atoms with E-state index in [9.17, 15) is 14.4 Å². The van der Waals surface area contributed by atoms with Gasteiger partial charge in [0.1, 0.15) is 6.54 Å². The average molecular weight is 331 g/mol.